The number of carbonyl (C=O) groups excluding carboxylic acids is 2. The molecule has 0 spiro atoms. The Morgan fingerprint density at radius 3 is 1.93 bits per heavy atom. The van der Waals surface area contributed by atoms with Crippen LogP contribution in [0.5, 0.6) is 0 Å². The van der Waals surface area contributed by atoms with Crippen LogP contribution < -0.4 is 0 Å². The van der Waals surface area contributed by atoms with E-state index in [0.717, 1.165) is 11.1 Å². The molecule has 2 amide bonds. The van der Waals surface area contributed by atoms with Gasteiger partial charge in [0.05, 0.1) is 12.0 Å². The van der Waals surface area contributed by atoms with E-state index in [-0.39, 0.29) is 41.3 Å². The van der Waals surface area contributed by atoms with Gasteiger partial charge in [0.25, 0.3) is 0 Å². The molecule has 0 saturated carbocycles. The maximum absolute atomic E-state index is 13.4. The Bertz CT molecular complexity index is 879. The van der Waals surface area contributed by atoms with E-state index in [0.29, 0.717) is 6.54 Å². The first-order valence-electron chi connectivity index (χ1n) is 10.7. The maximum Gasteiger partial charge on any atom is 0.229 e. The summed E-state index contributed by atoms with van der Waals surface area (Å²) in [6, 6.07) is 20.0. The summed E-state index contributed by atoms with van der Waals surface area (Å²) < 4.78 is 0. The van der Waals surface area contributed by atoms with E-state index in [9.17, 15) is 9.59 Å². The van der Waals surface area contributed by atoms with Gasteiger partial charge in [0.1, 0.15) is 0 Å². The van der Waals surface area contributed by atoms with Crippen molar-refractivity contribution in [2.75, 3.05) is 0 Å². The molecular formula is C26H34N2O2. The summed E-state index contributed by atoms with van der Waals surface area (Å²) in [6.07, 6.45) is 0.231. The predicted molar refractivity (Wildman–Crippen MR) is 121 cm³/mol. The Morgan fingerprint density at radius 2 is 1.43 bits per heavy atom. The number of hydrogen-bond acceptors (Lipinski definition) is 2. The molecular weight excluding hydrogens is 372 g/mol. The van der Waals surface area contributed by atoms with E-state index in [1.54, 1.807) is 0 Å². The first-order valence-corrected chi connectivity index (χ1v) is 10.7. The molecule has 2 aromatic rings. The SMILES string of the molecule is CC(C)(C)N(Cc1ccccc1)C(=O)C[C@H]1C(=O)N(C(C)(C)C)[C@H]1c1ccccc1. The normalized spacial score (nSPS) is 19.4. The molecule has 2 aromatic carbocycles. The maximum atomic E-state index is 13.4. The molecule has 0 N–H and O–H groups in total. The van der Waals surface area contributed by atoms with Crippen molar-refractivity contribution >= 4 is 11.8 Å². The van der Waals surface area contributed by atoms with Gasteiger partial charge < -0.3 is 9.80 Å². The molecule has 1 aliphatic rings. The van der Waals surface area contributed by atoms with Gasteiger partial charge >= 0.3 is 0 Å². The van der Waals surface area contributed by atoms with Gasteiger partial charge in [-0.15, -0.1) is 0 Å². The zero-order valence-corrected chi connectivity index (χ0v) is 19.1. The zero-order chi connectivity index (χ0) is 22.1. The topological polar surface area (TPSA) is 40.6 Å². The van der Waals surface area contributed by atoms with Gasteiger partial charge in [0.15, 0.2) is 0 Å². The molecule has 1 aliphatic heterocycles. The molecule has 1 fully saturated rings. The molecule has 2 atom stereocenters. The number of amides is 2. The number of β-lactam (4-membered cyclic amide) rings is 1. The minimum atomic E-state index is -0.328. The van der Waals surface area contributed by atoms with Gasteiger partial charge in [0, 0.05) is 24.0 Å². The summed E-state index contributed by atoms with van der Waals surface area (Å²) in [4.78, 5) is 30.4. The van der Waals surface area contributed by atoms with Crippen LogP contribution in [-0.4, -0.2) is 32.7 Å². The Labute approximate surface area is 180 Å². The average molecular weight is 407 g/mol. The third kappa shape index (κ3) is 4.58. The summed E-state index contributed by atoms with van der Waals surface area (Å²) in [7, 11) is 0. The molecule has 0 aliphatic carbocycles. The highest BCUT2D eigenvalue weighted by Gasteiger charge is 2.53. The zero-order valence-electron chi connectivity index (χ0n) is 19.1. The summed E-state index contributed by atoms with van der Waals surface area (Å²) in [5, 5.41) is 0. The molecule has 0 bridgehead atoms. The van der Waals surface area contributed by atoms with Crippen molar-refractivity contribution in [3.63, 3.8) is 0 Å². The van der Waals surface area contributed by atoms with Crippen molar-refractivity contribution < 1.29 is 9.59 Å². The summed E-state index contributed by atoms with van der Waals surface area (Å²) in [5.74, 6) is -0.225. The quantitative estimate of drug-likeness (QED) is 0.640. The van der Waals surface area contributed by atoms with E-state index >= 15 is 0 Å². The molecule has 3 rings (SSSR count). The second kappa shape index (κ2) is 8.25. The van der Waals surface area contributed by atoms with Crippen LogP contribution in [-0.2, 0) is 16.1 Å². The molecule has 0 radical (unpaired) electrons. The van der Waals surface area contributed by atoms with Gasteiger partial charge in [-0.05, 0) is 52.7 Å². The van der Waals surface area contributed by atoms with Gasteiger partial charge in [-0.25, -0.2) is 0 Å². The minimum absolute atomic E-state index is 0.0270. The fraction of sp³-hybridized carbons (Fsp3) is 0.462. The third-order valence-electron chi connectivity index (χ3n) is 5.77. The second-order valence-electron chi connectivity index (χ2n) is 10.2. The highest BCUT2D eigenvalue weighted by atomic mass is 16.2. The van der Waals surface area contributed by atoms with E-state index in [4.69, 9.17) is 0 Å². The third-order valence-corrected chi connectivity index (χ3v) is 5.77. The van der Waals surface area contributed by atoms with Crippen LogP contribution in [0, 0.1) is 5.92 Å². The molecule has 0 aromatic heterocycles. The molecule has 0 unspecified atom stereocenters. The molecule has 4 nitrogen and oxygen atoms in total. The number of benzene rings is 2. The Hall–Kier alpha value is -2.62. The molecule has 30 heavy (non-hydrogen) atoms. The Morgan fingerprint density at radius 1 is 0.900 bits per heavy atom. The number of carbonyl (C=O) groups is 2. The molecule has 1 saturated heterocycles. The summed E-state index contributed by atoms with van der Waals surface area (Å²) >= 11 is 0. The van der Waals surface area contributed by atoms with Crippen molar-refractivity contribution in [3.8, 4) is 0 Å². The summed E-state index contributed by atoms with van der Waals surface area (Å²) in [5.41, 5.74) is 1.57. The van der Waals surface area contributed by atoms with Gasteiger partial charge in [-0.3, -0.25) is 9.59 Å². The fourth-order valence-corrected chi connectivity index (χ4v) is 4.29. The van der Waals surface area contributed by atoms with Crippen molar-refractivity contribution in [1.29, 1.82) is 0 Å². The number of likely N-dealkylation sites (tertiary alicyclic amines) is 1. The minimum Gasteiger partial charge on any atom is -0.334 e. The lowest BCUT2D eigenvalue weighted by molar-refractivity contribution is -0.171. The number of rotatable bonds is 5. The molecule has 4 heteroatoms. The van der Waals surface area contributed by atoms with Crippen LogP contribution in [0.2, 0.25) is 0 Å². The lowest BCUT2D eigenvalue weighted by Crippen LogP contribution is -2.63. The van der Waals surface area contributed by atoms with Crippen LogP contribution in [0.3, 0.4) is 0 Å². The van der Waals surface area contributed by atoms with Gasteiger partial charge in [-0.2, -0.15) is 0 Å². The predicted octanol–water partition coefficient (Wildman–Crippen LogP) is 5.20. The van der Waals surface area contributed by atoms with Crippen LogP contribution in [0.15, 0.2) is 60.7 Å². The number of hydrogen-bond donors (Lipinski definition) is 0. The van der Waals surface area contributed by atoms with E-state index < -0.39 is 0 Å². The van der Waals surface area contributed by atoms with Gasteiger partial charge in [0.2, 0.25) is 11.8 Å². The van der Waals surface area contributed by atoms with Crippen LogP contribution in [0.25, 0.3) is 0 Å². The van der Waals surface area contributed by atoms with E-state index in [1.807, 2.05) is 79.1 Å². The smallest absolute Gasteiger partial charge is 0.229 e. The van der Waals surface area contributed by atoms with Crippen molar-refractivity contribution in [3.05, 3.63) is 71.8 Å². The largest absolute Gasteiger partial charge is 0.334 e. The number of nitrogens with zero attached hydrogens (tertiary/aromatic N) is 2. The first kappa shape index (κ1) is 22.1. The first-order chi connectivity index (χ1) is 14.0. The van der Waals surface area contributed by atoms with Crippen LogP contribution in [0.4, 0.5) is 0 Å². The molecule has 160 valence electrons. The van der Waals surface area contributed by atoms with Crippen molar-refractivity contribution in [2.24, 2.45) is 5.92 Å². The van der Waals surface area contributed by atoms with E-state index in [2.05, 4.69) is 32.9 Å². The van der Waals surface area contributed by atoms with Crippen LogP contribution in [0.1, 0.15) is 65.1 Å². The standard InChI is InChI=1S/C26H34N2O2/c1-25(2,3)27(18-19-13-9-7-10-14-19)22(29)17-21-23(20-15-11-8-12-16-20)28(24(21)30)26(4,5)6/h7-16,21,23H,17-18H2,1-6H3/t21-,23+/m1/s1. The Balaban J connectivity index is 1.84. The van der Waals surface area contributed by atoms with E-state index in [1.165, 1.54) is 0 Å². The highest BCUT2D eigenvalue weighted by Crippen LogP contribution is 2.46. The second-order valence-corrected chi connectivity index (χ2v) is 10.2. The lowest BCUT2D eigenvalue weighted by atomic mass is 9.76. The van der Waals surface area contributed by atoms with Crippen molar-refractivity contribution in [1.82, 2.24) is 9.80 Å². The van der Waals surface area contributed by atoms with Crippen LogP contribution >= 0.6 is 0 Å². The summed E-state index contributed by atoms with van der Waals surface area (Å²) in [6.45, 7) is 12.8. The van der Waals surface area contributed by atoms with Gasteiger partial charge in [-0.1, -0.05) is 60.7 Å². The lowest BCUT2D eigenvalue weighted by Gasteiger charge is -2.54. The fourth-order valence-electron chi connectivity index (χ4n) is 4.29. The molecule has 1 heterocycles. The average Bonchev–Trinajstić information content (AvgIpc) is 2.67. The monoisotopic (exact) mass is 406 g/mol. The highest BCUT2D eigenvalue weighted by molar-refractivity contribution is 5.92. The Kier molecular flexibility index (Phi) is 6.07. The van der Waals surface area contributed by atoms with Crippen molar-refractivity contribution in [2.45, 2.75) is 71.6 Å².